The molecule has 0 aliphatic heterocycles. The predicted molar refractivity (Wildman–Crippen MR) is 94.0 cm³/mol. The third-order valence-corrected chi connectivity index (χ3v) is 3.49. The van der Waals surface area contributed by atoms with Crippen LogP contribution in [-0.4, -0.2) is 29.3 Å². The number of hydrogen-bond donors (Lipinski definition) is 1. The van der Waals surface area contributed by atoms with Crippen LogP contribution in [-0.2, 0) is 4.79 Å². The number of amides is 1. The fraction of sp³-hybridized carbons (Fsp3) is 0.211. The summed E-state index contributed by atoms with van der Waals surface area (Å²) in [7, 11) is 0. The van der Waals surface area contributed by atoms with Gasteiger partial charge in [-0.1, -0.05) is 37.3 Å². The zero-order valence-electron chi connectivity index (χ0n) is 13.9. The number of aromatic nitrogens is 2. The summed E-state index contributed by atoms with van der Waals surface area (Å²) in [5.41, 5.74) is 1.50. The highest BCUT2D eigenvalue weighted by Gasteiger charge is 2.15. The molecule has 0 aliphatic carbocycles. The Morgan fingerprint density at radius 3 is 2.56 bits per heavy atom. The van der Waals surface area contributed by atoms with Crippen molar-refractivity contribution in [2.45, 2.75) is 13.3 Å². The van der Waals surface area contributed by atoms with Gasteiger partial charge in [-0.3, -0.25) is 4.79 Å². The van der Waals surface area contributed by atoms with E-state index in [1.165, 1.54) is 0 Å². The second kappa shape index (κ2) is 8.10. The molecule has 1 amide bonds. The Kier molecular flexibility index (Phi) is 5.41. The third kappa shape index (κ3) is 4.23. The van der Waals surface area contributed by atoms with Crippen molar-refractivity contribution in [1.29, 1.82) is 0 Å². The molecule has 0 spiro atoms. The molecule has 1 aromatic heterocycles. The monoisotopic (exact) mass is 337 g/mol. The summed E-state index contributed by atoms with van der Waals surface area (Å²) in [6.45, 7) is 2.57. The summed E-state index contributed by atoms with van der Waals surface area (Å²) in [6.07, 6.45) is 0.882. The van der Waals surface area contributed by atoms with Gasteiger partial charge in [-0.05, 0) is 30.7 Å². The molecular weight excluding hydrogens is 318 g/mol. The predicted octanol–water partition coefficient (Wildman–Crippen LogP) is 3.31. The van der Waals surface area contributed by atoms with E-state index < -0.39 is 0 Å². The van der Waals surface area contributed by atoms with E-state index in [1.54, 1.807) is 6.07 Å². The lowest BCUT2D eigenvalue weighted by Gasteiger charge is -2.09. The van der Waals surface area contributed by atoms with E-state index in [9.17, 15) is 4.79 Å². The van der Waals surface area contributed by atoms with Gasteiger partial charge in [-0.25, -0.2) is 0 Å². The summed E-state index contributed by atoms with van der Waals surface area (Å²) in [5, 5.41) is 11.0. The summed E-state index contributed by atoms with van der Waals surface area (Å²) in [6, 6.07) is 16.8. The minimum Gasteiger partial charge on any atom is -0.483 e. The van der Waals surface area contributed by atoms with Crippen LogP contribution in [0.3, 0.4) is 0 Å². The molecule has 0 saturated heterocycles. The first-order chi connectivity index (χ1) is 12.3. The lowest BCUT2D eigenvalue weighted by Crippen LogP contribution is -2.29. The number of carbonyl (C=O) groups excluding carboxylic acids is 1. The van der Waals surface area contributed by atoms with Crippen molar-refractivity contribution in [2.24, 2.45) is 0 Å². The van der Waals surface area contributed by atoms with Crippen LogP contribution >= 0.6 is 0 Å². The molecule has 0 saturated carbocycles. The molecule has 1 heterocycles. The Bertz CT molecular complexity index is 831. The second-order valence-corrected chi connectivity index (χ2v) is 5.41. The Hall–Kier alpha value is -3.15. The molecule has 0 fully saturated rings. The van der Waals surface area contributed by atoms with E-state index >= 15 is 0 Å². The van der Waals surface area contributed by atoms with Gasteiger partial charge in [0.1, 0.15) is 5.75 Å². The van der Waals surface area contributed by atoms with Crippen LogP contribution in [0, 0.1) is 0 Å². The van der Waals surface area contributed by atoms with Gasteiger partial charge < -0.3 is 14.5 Å². The molecule has 2 aromatic carbocycles. The first kappa shape index (κ1) is 16.7. The zero-order valence-corrected chi connectivity index (χ0v) is 13.9. The lowest BCUT2D eigenvalue weighted by atomic mass is 10.2. The van der Waals surface area contributed by atoms with Crippen molar-refractivity contribution >= 4 is 5.91 Å². The van der Waals surface area contributed by atoms with Crippen molar-refractivity contribution < 1.29 is 13.9 Å². The quantitative estimate of drug-likeness (QED) is 0.716. The number of nitrogens with zero attached hydrogens (tertiary/aromatic N) is 2. The van der Waals surface area contributed by atoms with Gasteiger partial charge in [0.05, 0.1) is 5.56 Å². The summed E-state index contributed by atoms with van der Waals surface area (Å²) in [5.74, 6) is 1.15. The minimum atomic E-state index is -0.160. The average molecular weight is 337 g/mol. The summed E-state index contributed by atoms with van der Waals surface area (Å²) >= 11 is 0. The number of hydrogen-bond acceptors (Lipinski definition) is 5. The standard InChI is InChI=1S/C19H19N3O3/c1-2-12-20-17(23)13-24-16-11-7-6-10-15(16)19-22-21-18(25-19)14-8-4-3-5-9-14/h3-11H,2,12-13H2,1H3,(H,20,23). The van der Waals surface area contributed by atoms with Crippen molar-refractivity contribution in [3.8, 4) is 28.7 Å². The molecule has 0 unspecified atom stereocenters. The van der Waals surface area contributed by atoms with Crippen molar-refractivity contribution in [3.63, 3.8) is 0 Å². The maximum Gasteiger partial charge on any atom is 0.257 e. The van der Waals surface area contributed by atoms with Crippen molar-refractivity contribution in [3.05, 3.63) is 54.6 Å². The highest BCUT2D eigenvalue weighted by molar-refractivity contribution is 5.77. The molecule has 0 atom stereocenters. The molecule has 3 aromatic rings. The number of para-hydroxylation sites is 1. The Labute approximate surface area is 145 Å². The van der Waals surface area contributed by atoms with E-state index in [1.807, 2.05) is 55.5 Å². The highest BCUT2D eigenvalue weighted by Crippen LogP contribution is 2.30. The number of nitrogens with one attached hydrogen (secondary N) is 1. The van der Waals surface area contributed by atoms with Gasteiger partial charge >= 0.3 is 0 Å². The molecular formula is C19H19N3O3. The van der Waals surface area contributed by atoms with Gasteiger partial charge in [0, 0.05) is 12.1 Å². The van der Waals surface area contributed by atoms with Gasteiger partial charge in [0.2, 0.25) is 5.89 Å². The van der Waals surface area contributed by atoms with Gasteiger partial charge in [0.15, 0.2) is 6.61 Å². The van der Waals surface area contributed by atoms with Gasteiger partial charge in [-0.15, -0.1) is 10.2 Å². The van der Waals surface area contributed by atoms with Crippen LogP contribution in [0.4, 0.5) is 0 Å². The molecule has 0 radical (unpaired) electrons. The number of rotatable bonds is 7. The van der Waals surface area contributed by atoms with Crippen LogP contribution in [0.25, 0.3) is 22.9 Å². The van der Waals surface area contributed by atoms with E-state index in [0.717, 1.165) is 12.0 Å². The van der Waals surface area contributed by atoms with E-state index in [2.05, 4.69) is 15.5 Å². The molecule has 128 valence electrons. The maximum absolute atomic E-state index is 11.7. The largest absolute Gasteiger partial charge is 0.483 e. The molecule has 3 rings (SSSR count). The Morgan fingerprint density at radius 1 is 1.04 bits per heavy atom. The number of benzene rings is 2. The number of carbonyl (C=O) groups is 1. The fourth-order valence-corrected chi connectivity index (χ4v) is 2.26. The minimum absolute atomic E-state index is 0.0588. The van der Waals surface area contributed by atoms with Crippen LogP contribution in [0.1, 0.15) is 13.3 Å². The third-order valence-electron chi connectivity index (χ3n) is 3.49. The molecule has 6 heteroatoms. The molecule has 25 heavy (non-hydrogen) atoms. The van der Waals surface area contributed by atoms with Crippen LogP contribution in [0.5, 0.6) is 5.75 Å². The average Bonchev–Trinajstić information content (AvgIpc) is 3.15. The van der Waals surface area contributed by atoms with Gasteiger partial charge in [-0.2, -0.15) is 0 Å². The normalized spacial score (nSPS) is 10.4. The molecule has 1 N–H and O–H groups in total. The van der Waals surface area contributed by atoms with Crippen molar-refractivity contribution in [1.82, 2.24) is 15.5 Å². The zero-order chi connectivity index (χ0) is 17.5. The maximum atomic E-state index is 11.7. The SMILES string of the molecule is CCCNC(=O)COc1ccccc1-c1nnc(-c2ccccc2)o1. The van der Waals surface area contributed by atoms with E-state index in [-0.39, 0.29) is 12.5 Å². The van der Waals surface area contributed by atoms with Gasteiger partial charge in [0.25, 0.3) is 11.8 Å². The topological polar surface area (TPSA) is 77.2 Å². The fourth-order valence-electron chi connectivity index (χ4n) is 2.26. The lowest BCUT2D eigenvalue weighted by molar-refractivity contribution is -0.123. The molecule has 6 nitrogen and oxygen atoms in total. The van der Waals surface area contributed by atoms with Crippen LogP contribution in [0.15, 0.2) is 59.0 Å². The summed E-state index contributed by atoms with van der Waals surface area (Å²) in [4.78, 5) is 11.7. The Morgan fingerprint density at radius 2 is 1.76 bits per heavy atom. The molecule has 0 bridgehead atoms. The second-order valence-electron chi connectivity index (χ2n) is 5.41. The van der Waals surface area contributed by atoms with E-state index in [0.29, 0.717) is 29.6 Å². The first-order valence-electron chi connectivity index (χ1n) is 8.15. The number of ether oxygens (including phenoxy) is 1. The Balaban J connectivity index is 1.77. The van der Waals surface area contributed by atoms with Crippen LogP contribution < -0.4 is 10.1 Å². The van der Waals surface area contributed by atoms with Crippen LogP contribution in [0.2, 0.25) is 0 Å². The smallest absolute Gasteiger partial charge is 0.257 e. The van der Waals surface area contributed by atoms with E-state index in [4.69, 9.17) is 9.15 Å². The first-order valence-corrected chi connectivity index (χ1v) is 8.15. The highest BCUT2D eigenvalue weighted by atomic mass is 16.5. The molecule has 0 aliphatic rings. The summed E-state index contributed by atoms with van der Waals surface area (Å²) < 4.78 is 11.4. The van der Waals surface area contributed by atoms with Crippen molar-refractivity contribution in [2.75, 3.05) is 13.2 Å².